The molecular weight excluding hydrogens is 348 g/mol. The third-order valence-corrected chi connectivity index (χ3v) is 5.00. The smallest absolute Gasteiger partial charge is 0.269 e. The quantitative estimate of drug-likeness (QED) is 0.583. The van der Waals surface area contributed by atoms with Gasteiger partial charge in [-0.25, -0.2) is 4.68 Å². The third kappa shape index (κ3) is 2.96. The molecule has 0 radical (unpaired) electrons. The number of carbonyl (C=O) groups excluding carboxylic acids is 2. The molecule has 7 heteroatoms. The van der Waals surface area contributed by atoms with Crippen molar-refractivity contribution in [1.82, 2.24) is 9.78 Å². The van der Waals surface area contributed by atoms with Gasteiger partial charge in [0.15, 0.2) is 0 Å². The molecule has 128 valence electrons. The zero-order chi connectivity index (χ0) is 18.1. The summed E-state index contributed by atoms with van der Waals surface area (Å²) in [6, 6.07) is 18.5. The van der Waals surface area contributed by atoms with E-state index in [1.54, 1.807) is 18.3 Å². The largest absolute Gasteiger partial charge is 0.364 e. The van der Waals surface area contributed by atoms with Gasteiger partial charge in [-0.2, -0.15) is 5.10 Å². The van der Waals surface area contributed by atoms with Gasteiger partial charge in [0.1, 0.15) is 5.69 Å². The molecule has 0 aliphatic rings. The highest BCUT2D eigenvalue weighted by Gasteiger charge is 2.14. The van der Waals surface area contributed by atoms with E-state index in [0.717, 1.165) is 10.1 Å². The predicted octanol–water partition coefficient (Wildman–Crippen LogP) is 3.44. The second kappa shape index (κ2) is 6.45. The van der Waals surface area contributed by atoms with Crippen LogP contribution in [0.15, 0.2) is 66.9 Å². The topological polar surface area (TPSA) is 90.0 Å². The molecular formula is C19H14N4O2S. The average Bonchev–Trinajstić information content (AvgIpc) is 3.29. The summed E-state index contributed by atoms with van der Waals surface area (Å²) in [5.74, 6) is -0.795. The molecule has 0 aliphatic heterocycles. The highest BCUT2D eigenvalue weighted by atomic mass is 32.1. The Bertz CT molecular complexity index is 1100. The summed E-state index contributed by atoms with van der Waals surface area (Å²) in [6.45, 7) is 0. The van der Waals surface area contributed by atoms with Gasteiger partial charge in [-0.15, -0.1) is 11.3 Å². The van der Waals surface area contributed by atoms with Crippen molar-refractivity contribution in [3.63, 3.8) is 0 Å². The molecule has 4 rings (SSSR count). The van der Waals surface area contributed by atoms with Crippen LogP contribution in [0, 0.1) is 0 Å². The fraction of sp³-hybridized carbons (Fsp3) is 0. The summed E-state index contributed by atoms with van der Waals surface area (Å²) in [5.41, 5.74) is 6.66. The summed E-state index contributed by atoms with van der Waals surface area (Å²) >= 11 is 1.44. The molecule has 2 aromatic heterocycles. The van der Waals surface area contributed by atoms with Crippen LogP contribution in [0.2, 0.25) is 0 Å². The van der Waals surface area contributed by atoms with Crippen LogP contribution in [0.4, 0.5) is 5.69 Å². The fourth-order valence-electron chi connectivity index (χ4n) is 2.65. The number of nitrogens with two attached hydrogens (primary N) is 1. The third-order valence-electron chi connectivity index (χ3n) is 3.89. The van der Waals surface area contributed by atoms with E-state index in [1.807, 2.05) is 42.5 Å². The number of nitrogens with zero attached hydrogens (tertiary/aromatic N) is 2. The van der Waals surface area contributed by atoms with Gasteiger partial charge in [-0.1, -0.05) is 30.3 Å². The number of para-hydroxylation sites is 2. The van der Waals surface area contributed by atoms with Gasteiger partial charge in [0.25, 0.3) is 11.8 Å². The van der Waals surface area contributed by atoms with Gasteiger partial charge in [0.2, 0.25) is 0 Å². The molecule has 0 unspecified atom stereocenters. The van der Waals surface area contributed by atoms with E-state index in [1.165, 1.54) is 22.1 Å². The van der Waals surface area contributed by atoms with Crippen molar-refractivity contribution in [2.45, 2.75) is 0 Å². The molecule has 0 aliphatic carbocycles. The summed E-state index contributed by atoms with van der Waals surface area (Å²) in [4.78, 5) is 24.6. The number of hydrogen-bond acceptors (Lipinski definition) is 4. The van der Waals surface area contributed by atoms with Gasteiger partial charge >= 0.3 is 0 Å². The number of carbonyl (C=O) groups is 2. The van der Waals surface area contributed by atoms with E-state index in [-0.39, 0.29) is 11.6 Å². The molecule has 26 heavy (non-hydrogen) atoms. The van der Waals surface area contributed by atoms with E-state index in [0.29, 0.717) is 16.3 Å². The second-order valence-corrected chi connectivity index (χ2v) is 6.71. The number of thiophene rings is 1. The Kier molecular flexibility index (Phi) is 3.98. The first-order chi connectivity index (χ1) is 12.6. The van der Waals surface area contributed by atoms with Crippen molar-refractivity contribution in [2.75, 3.05) is 5.32 Å². The van der Waals surface area contributed by atoms with Crippen molar-refractivity contribution in [3.8, 4) is 5.69 Å². The van der Waals surface area contributed by atoms with E-state index >= 15 is 0 Å². The zero-order valence-electron chi connectivity index (χ0n) is 13.5. The number of nitrogens with one attached hydrogen (secondary N) is 1. The summed E-state index contributed by atoms with van der Waals surface area (Å²) < 4.78 is 2.57. The maximum atomic E-state index is 12.7. The van der Waals surface area contributed by atoms with Crippen molar-refractivity contribution in [2.24, 2.45) is 5.73 Å². The minimum atomic E-state index is -0.601. The van der Waals surface area contributed by atoms with E-state index in [4.69, 9.17) is 5.73 Å². The Morgan fingerprint density at radius 1 is 1.04 bits per heavy atom. The van der Waals surface area contributed by atoms with Gasteiger partial charge in [-0.3, -0.25) is 9.59 Å². The minimum absolute atomic E-state index is 0.163. The van der Waals surface area contributed by atoms with E-state index in [2.05, 4.69) is 10.4 Å². The fourth-order valence-corrected chi connectivity index (χ4v) is 3.60. The maximum Gasteiger partial charge on any atom is 0.269 e. The molecule has 4 aromatic rings. The Hall–Kier alpha value is -3.45. The Morgan fingerprint density at radius 2 is 1.81 bits per heavy atom. The highest BCUT2D eigenvalue weighted by molar-refractivity contribution is 7.20. The van der Waals surface area contributed by atoms with E-state index in [9.17, 15) is 9.59 Å². The molecule has 0 bridgehead atoms. The van der Waals surface area contributed by atoms with Crippen molar-refractivity contribution >= 4 is 38.9 Å². The standard InChI is InChI=1S/C19H14N4O2S/c20-18(24)14-9-10-23(22-14)15-7-3-2-6-13(15)21-19(25)17-11-12-5-1-4-8-16(12)26-17/h1-11H,(H2,20,24)(H,21,25). The molecule has 3 N–H and O–H groups in total. The minimum Gasteiger partial charge on any atom is -0.364 e. The number of aromatic nitrogens is 2. The van der Waals surface area contributed by atoms with Gasteiger partial charge < -0.3 is 11.1 Å². The van der Waals surface area contributed by atoms with Crippen molar-refractivity contribution in [1.29, 1.82) is 0 Å². The lowest BCUT2D eigenvalue weighted by Gasteiger charge is -2.10. The molecule has 0 saturated carbocycles. The maximum absolute atomic E-state index is 12.7. The zero-order valence-corrected chi connectivity index (χ0v) is 14.4. The summed E-state index contributed by atoms with van der Waals surface area (Å²) in [7, 11) is 0. The number of rotatable bonds is 4. The Morgan fingerprint density at radius 3 is 2.58 bits per heavy atom. The summed E-state index contributed by atoms with van der Waals surface area (Å²) in [6.07, 6.45) is 1.63. The molecule has 2 amide bonds. The Balaban J connectivity index is 1.65. The number of anilines is 1. The molecule has 0 atom stereocenters. The molecule has 6 nitrogen and oxygen atoms in total. The number of amides is 2. The van der Waals surface area contributed by atoms with Crippen LogP contribution in [0.3, 0.4) is 0 Å². The molecule has 2 aromatic carbocycles. The van der Waals surface area contributed by atoms with Crippen LogP contribution in [-0.4, -0.2) is 21.6 Å². The molecule has 0 spiro atoms. The SMILES string of the molecule is NC(=O)c1ccn(-c2ccccc2NC(=O)c2cc3ccccc3s2)n1. The summed E-state index contributed by atoms with van der Waals surface area (Å²) in [5, 5.41) is 8.10. The average molecular weight is 362 g/mol. The second-order valence-electron chi connectivity index (χ2n) is 5.63. The number of primary amides is 1. The van der Waals surface area contributed by atoms with Crippen molar-refractivity contribution < 1.29 is 9.59 Å². The van der Waals surface area contributed by atoms with Crippen LogP contribution in [0.1, 0.15) is 20.2 Å². The molecule has 2 heterocycles. The highest BCUT2D eigenvalue weighted by Crippen LogP contribution is 2.27. The van der Waals surface area contributed by atoms with Gasteiger partial charge in [0.05, 0.1) is 16.3 Å². The first kappa shape index (κ1) is 16.0. The lowest BCUT2D eigenvalue weighted by molar-refractivity contribution is 0.0993. The molecule has 0 saturated heterocycles. The van der Waals surface area contributed by atoms with Crippen LogP contribution >= 0.6 is 11.3 Å². The van der Waals surface area contributed by atoms with Crippen molar-refractivity contribution in [3.05, 3.63) is 77.4 Å². The lowest BCUT2D eigenvalue weighted by atomic mass is 10.2. The monoisotopic (exact) mass is 362 g/mol. The number of hydrogen-bond donors (Lipinski definition) is 2. The number of benzene rings is 2. The molecule has 0 fully saturated rings. The first-order valence-electron chi connectivity index (χ1n) is 7.86. The number of fused-ring (bicyclic) bond motifs is 1. The van der Waals surface area contributed by atoms with Gasteiger partial charge in [-0.05, 0) is 35.7 Å². The predicted molar refractivity (Wildman–Crippen MR) is 102 cm³/mol. The first-order valence-corrected chi connectivity index (χ1v) is 8.68. The van der Waals surface area contributed by atoms with E-state index < -0.39 is 5.91 Å². The van der Waals surface area contributed by atoms with Gasteiger partial charge in [0, 0.05) is 10.9 Å². The van der Waals surface area contributed by atoms with Crippen LogP contribution in [-0.2, 0) is 0 Å². The van der Waals surface area contributed by atoms with Crippen LogP contribution in [0.25, 0.3) is 15.8 Å². The lowest BCUT2D eigenvalue weighted by Crippen LogP contribution is -2.14. The van der Waals surface area contributed by atoms with Crippen LogP contribution in [0.5, 0.6) is 0 Å². The normalized spacial score (nSPS) is 10.8. The van der Waals surface area contributed by atoms with Crippen LogP contribution < -0.4 is 11.1 Å². The Labute approximate surface area is 152 Å².